The molecule has 0 saturated heterocycles. The highest BCUT2D eigenvalue weighted by Gasteiger charge is 2.38. The van der Waals surface area contributed by atoms with Crippen molar-refractivity contribution in [3.05, 3.63) is 132 Å². The van der Waals surface area contributed by atoms with Crippen molar-refractivity contribution >= 4 is 6.08 Å². The molecule has 4 nitrogen and oxygen atoms in total. The van der Waals surface area contributed by atoms with E-state index in [0.717, 1.165) is 39.6 Å². The zero-order valence-corrected chi connectivity index (χ0v) is 18.9. The van der Waals surface area contributed by atoms with Gasteiger partial charge in [0, 0.05) is 0 Å². The van der Waals surface area contributed by atoms with Crippen LogP contribution in [0.1, 0.15) is 28.1 Å². The summed E-state index contributed by atoms with van der Waals surface area (Å²) in [5.41, 5.74) is 3.76. The topological polar surface area (TPSA) is 40.6 Å². The molecule has 0 N–H and O–H groups in total. The SMILES string of the molecule is C=Cc1cccc(COC(c2ccccc2)(c2ccc(OC)cc2)c2ccc(OC)cc2)n1. The lowest BCUT2D eigenvalue weighted by Gasteiger charge is -2.36. The van der Waals surface area contributed by atoms with E-state index in [-0.39, 0.29) is 0 Å². The van der Waals surface area contributed by atoms with Crippen LogP contribution in [0.2, 0.25) is 0 Å². The Morgan fingerprint density at radius 3 is 1.76 bits per heavy atom. The molecule has 4 rings (SSSR count). The summed E-state index contributed by atoms with van der Waals surface area (Å²) in [5, 5.41) is 0. The van der Waals surface area contributed by atoms with Crippen molar-refractivity contribution in [2.24, 2.45) is 0 Å². The monoisotopic (exact) mass is 437 g/mol. The highest BCUT2D eigenvalue weighted by molar-refractivity contribution is 5.50. The number of nitrogens with zero attached hydrogens (tertiary/aromatic N) is 1. The van der Waals surface area contributed by atoms with Gasteiger partial charge in [-0.1, -0.05) is 67.2 Å². The average Bonchev–Trinajstić information content (AvgIpc) is 2.90. The van der Waals surface area contributed by atoms with Crippen molar-refractivity contribution in [2.45, 2.75) is 12.2 Å². The Balaban J connectivity index is 1.88. The fourth-order valence-electron chi connectivity index (χ4n) is 3.95. The lowest BCUT2D eigenvalue weighted by molar-refractivity contribution is -0.00146. The Bertz CT molecular complexity index is 1140. The zero-order valence-electron chi connectivity index (χ0n) is 18.9. The second-order valence-corrected chi connectivity index (χ2v) is 7.55. The van der Waals surface area contributed by atoms with Crippen LogP contribution in [0.15, 0.2) is 104 Å². The van der Waals surface area contributed by atoms with Crippen LogP contribution in [-0.2, 0) is 16.9 Å². The third-order valence-corrected chi connectivity index (χ3v) is 5.65. The summed E-state index contributed by atoms with van der Waals surface area (Å²) in [5.74, 6) is 1.58. The van der Waals surface area contributed by atoms with E-state index in [0.29, 0.717) is 6.61 Å². The largest absolute Gasteiger partial charge is 0.497 e. The summed E-state index contributed by atoms with van der Waals surface area (Å²) in [7, 11) is 3.33. The number of ether oxygens (including phenoxy) is 3. The molecule has 0 spiro atoms. The van der Waals surface area contributed by atoms with Gasteiger partial charge in [-0.05, 0) is 59.2 Å². The molecule has 0 unspecified atom stereocenters. The van der Waals surface area contributed by atoms with Crippen molar-refractivity contribution in [1.29, 1.82) is 0 Å². The van der Waals surface area contributed by atoms with Crippen LogP contribution in [0.25, 0.3) is 6.08 Å². The second kappa shape index (κ2) is 10.2. The van der Waals surface area contributed by atoms with Gasteiger partial charge < -0.3 is 14.2 Å². The number of rotatable bonds is 9. The van der Waals surface area contributed by atoms with Gasteiger partial charge in [-0.15, -0.1) is 0 Å². The van der Waals surface area contributed by atoms with E-state index >= 15 is 0 Å². The summed E-state index contributed by atoms with van der Waals surface area (Å²) in [6.07, 6.45) is 1.74. The van der Waals surface area contributed by atoms with E-state index in [1.54, 1.807) is 20.3 Å². The van der Waals surface area contributed by atoms with Gasteiger partial charge in [-0.25, -0.2) is 0 Å². The van der Waals surface area contributed by atoms with Crippen LogP contribution in [0.3, 0.4) is 0 Å². The van der Waals surface area contributed by atoms with Crippen LogP contribution in [-0.4, -0.2) is 19.2 Å². The van der Waals surface area contributed by atoms with Gasteiger partial charge in [-0.3, -0.25) is 4.98 Å². The smallest absolute Gasteiger partial charge is 0.144 e. The first kappa shape index (κ1) is 22.3. The number of pyridine rings is 1. The van der Waals surface area contributed by atoms with Crippen LogP contribution in [0, 0.1) is 0 Å². The molecule has 4 aromatic rings. The molecule has 1 aromatic heterocycles. The Morgan fingerprint density at radius 2 is 1.24 bits per heavy atom. The van der Waals surface area contributed by atoms with E-state index in [1.807, 2.05) is 84.9 Å². The number of methoxy groups -OCH3 is 2. The highest BCUT2D eigenvalue weighted by Crippen LogP contribution is 2.42. The molecule has 4 heteroatoms. The van der Waals surface area contributed by atoms with Crippen molar-refractivity contribution in [3.8, 4) is 11.5 Å². The second-order valence-electron chi connectivity index (χ2n) is 7.55. The van der Waals surface area contributed by atoms with Crippen LogP contribution >= 0.6 is 0 Å². The molecule has 166 valence electrons. The Kier molecular flexibility index (Phi) is 6.86. The summed E-state index contributed by atoms with van der Waals surface area (Å²) in [4.78, 5) is 4.65. The summed E-state index contributed by atoms with van der Waals surface area (Å²) >= 11 is 0. The average molecular weight is 438 g/mol. The molecule has 0 radical (unpaired) electrons. The maximum Gasteiger partial charge on any atom is 0.144 e. The summed E-state index contributed by atoms with van der Waals surface area (Å²) in [6.45, 7) is 4.14. The lowest BCUT2D eigenvalue weighted by atomic mass is 9.80. The highest BCUT2D eigenvalue weighted by atomic mass is 16.5. The molecule has 0 bridgehead atoms. The molecule has 0 amide bonds. The zero-order chi connectivity index (χ0) is 23.1. The summed E-state index contributed by atoms with van der Waals surface area (Å²) < 4.78 is 17.6. The van der Waals surface area contributed by atoms with Crippen molar-refractivity contribution < 1.29 is 14.2 Å². The van der Waals surface area contributed by atoms with E-state index < -0.39 is 5.60 Å². The lowest BCUT2D eigenvalue weighted by Crippen LogP contribution is -2.33. The first-order valence-corrected chi connectivity index (χ1v) is 10.8. The Hall–Kier alpha value is -3.89. The van der Waals surface area contributed by atoms with Crippen LogP contribution < -0.4 is 9.47 Å². The molecule has 3 aromatic carbocycles. The predicted octanol–water partition coefficient (Wildman–Crippen LogP) is 6.25. The number of aromatic nitrogens is 1. The third kappa shape index (κ3) is 4.66. The fraction of sp³-hybridized carbons (Fsp3) is 0.138. The molecule has 1 heterocycles. The molecule has 0 aliphatic rings. The molecular formula is C29H27NO3. The first-order valence-electron chi connectivity index (χ1n) is 10.8. The van der Waals surface area contributed by atoms with Crippen LogP contribution in [0.5, 0.6) is 11.5 Å². The third-order valence-electron chi connectivity index (χ3n) is 5.65. The minimum absolute atomic E-state index is 0.314. The number of benzene rings is 3. The molecule has 33 heavy (non-hydrogen) atoms. The van der Waals surface area contributed by atoms with Gasteiger partial charge in [0.05, 0.1) is 32.2 Å². The van der Waals surface area contributed by atoms with Gasteiger partial charge in [0.15, 0.2) is 0 Å². The summed E-state index contributed by atoms with van der Waals surface area (Å²) in [6, 6.07) is 32.1. The Labute approximate surface area is 195 Å². The predicted molar refractivity (Wildman–Crippen MR) is 131 cm³/mol. The quantitative estimate of drug-likeness (QED) is 0.290. The number of hydrogen-bond acceptors (Lipinski definition) is 4. The molecule has 0 fully saturated rings. The maximum absolute atomic E-state index is 6.84. The molecule has 0 atom stereocenters. The normalized spacial score (nSPS) is 11.1. The van der Waals surface area contributed by atoms with E-state index in [2.05, 4.69) is 23.7 Å². The van der Waals surface area contributed by atoms with Gasteiger partial charge in [0.25, 0.3) is 0 Å². The molecule has 0 aliphatic carbocycles. The van der Waals surface area contributed by atoms with Crippen molar-refractivity contribution in [2.75, 3.05) is 14.2 Å². The maximum atomic E-state index is 6.84. The van der Waals surface area contributed by atoms with Gasteiger partial charge >= 0.3 is 0 Å². The van der Waals surface area contributed by atoms with Crippen molar-refractivity contribution in [1.82, 2.24) is 4.98 Å². The minimum atomic E-state index is -0.869. The number of hydrogen-bond donors (Lipinski definition) is 0. The first-order chi connectivity index (χ1) is 16.2. The van der Waals surface area contributed by atoms with E-state index in [1.165, 1.54) is 0 Å². The molecular weight excluding hydrogens is 410 g/mol. The molecule has 0 saturated carbocycles. The minimum Gasteiger partial charge on any atom is -0.497 e. The van der Waals surface area contributed by atoms with Crippen molar-refractivity contribution in [3.63, 3.8) is 0 Å². The fourth-order valence-corrected chi connectivity index (χ4v) is 3.95. The van der Waals surface area contributed by atoms with Crippen LogP contribution in [0.4, 0.5) is 0 Å². The van der Waals surface area contributed by atoms with E-state index in [9.17, 15) is 0 Å². The van der Waals surface area contributed by atoms with Gasteiger partial charge in [0.2, 0.25) is 0 Å². The van der Waals surface area contributed by atoms with E-state index in [4.69, 9.17) is 14.2 Å². The standard InChI is InChI=1S/C29H27NO3/c1-4-25-11-8-12-26(30-25)21-33-29(22-9-6-5-7-10-22,23-13-17-27(31-2)18-14-23)24-15-19-28(32-3)20-16-24/h4-20H,1,21H2,2-3H3. The Morgan fingerprint density at radius 1 is 0.697 bits per heavy atom. The molecule has 0 aliphatic heterocycles. The van der Waals surface area contributed by atoms with Gasteiger partial charge in [0.1, 0.15) is 17.1 Å². The van der Waals surface area contributed by atoms with Gasteiger partial charge in [-0.2, -0.15) is 0 Å².